The fraction of sp³-hybridized carbons (Fsp3) is 0.296. The maximum Gasteiger partial charge on any atom is 0.416 e. The average Bonchev–Trinajstić information content (AvgIpc) is 3.37. The maximum absolute atomic E-state index is 13.0. The summed E-state index contributed by atoms with van der Waals surface area (Å²) in [5, 5.41) is 2.29. The van der Waals surface area contributed by atoms with Gasteiger partial charge in [0.1, 0.15) is 28.7 Å². The lowest BCUT2D eigenvalue weighted by molar-refractivity contribution is -0.137. The normalized spacial score (nSPS) is 15.7. The molecule has 0 radical (unpaired) electrons. The number of carbonyl (C=O) groups excluding carboxylic acids is 2. The van der Waals surface area contributed by atoms with E-state index in [0.29, 0.717) is 42.9 Å². The van der Waals surface area contributed by atoms with Crippen LogP contribution in [0, 0.1) is 0 Å². The van der Waals surface area contributed by atoms with Gasteiger partial charge in [-0.2, -0.15) is 13.2 Å². The summed E-state index contributed by atoms with van der Waals surface area (Å²) in [5.41, 5.74) is 7.39. The van der Waals surface area contributed by atoms with E-state index in [1.165, 1.54) is 0 Å². The smallest absolute Gasteiger partial charge is 0.384 e. The van der Waals surface area contributed by atoms with Crippen LogP contribution < -0.4 is 11.1 Å². The van der Waals surface area contributed by atoms with Crippen LogP contribution in [0.3, 0.4) is 0 Å². The highest BCUT2D eigenvalue weighted by Gasteiger charge is 2.31. The number of hydrogen-bond acceptors (Lipinski definition) is 8. The summed E-state index contributed by atoms with van der Waals surface area (Å²) in [4.78, 5) is 40.1. The summed E-state index contributed by atoms with van der Waals surface area (Å²) in [7, 11) is 1.56. The van der Waals surface area contributed by atoms with E-state index in [1.54, 1.807) is 55.5 Å². The predicted octanol–water partition coefficient (Wildman–Crippen LogP) is 4.30. The van der Waals surface area contributed by atoms with E-state index in [-0.39, 0.29) is 28.4 Å². The van der Waals surface area contributed by atoms with Gasteiger partial charge in [-0.05, 0) is 24.3 Å². The van der Waals surface area contributed by atoms with E-state index >= 15 is 0 Å². The number of ether oxygens (including phenoxy) is 1. The summed E-state index contributed by atoms with van der Waals surface area (Å²) in [6, 6.07) is 8.05. The van der Waals surface area contributed by atoms with Crippen molar-refractivity contribution >= 4 is 40.7 Å². The minimum absolute atomic E-state index is 0.0219. The largest absolute Gasteiger partial charge is 0.416 e. The topological polar surface area (TPSA) is 128 Å². The highest BCUT2D eigenvalue weighted by Crippen LogP contribution is 2.37. The zero-order valence-electron chi connectivity index (χ0n) is 21.9. The first kappa shape index (κ1) is 28.4. The minimum Gasteiger partial charge on any atom is -0.384 e. The molecule has 0 bridgehead atoms. The Morgan fingerprint density at radius 3 is 2.68 bits per heavy atom. The van der Waals surface area contributed by atoms with Crippen molar-refractivity contribution < 1.29 is 27.5 Å². The number of anilines is 2. The molecule has 1 aromatic carbocycles. The van der Waals surface area contributed by atoms with Gasteiger partial charge in [0.2, 0.25) is 5.91 Å². The molecular weight excluding hydrogens is 559 g/mol. The van der Waals surface area contributed by atoms with Crippen molar-refractivity contribution in [2.45, 2.75) is 17.8 Å². The van der Waals surface area contributed by atoms with E-state index in [2.05, 4.69) is 15.3 Å². The fourth-order valence-corrected chi connectivity index (χ4v) is 5.75. The van der Waals surface area contributed by atoms with Gasteiger partial charge in [-0.3, -0.25) is 14.0 Å². The number of imidazole rings is 1. The zero-order chi connectivity index (χ0) is 29.1. The number of nitrogen functional groups attached to an aromatic ring is 1. The van der Waals surface area contributed by atoms with Gasteiger partial charge in [-0.1, -0.05) is 12.1 Å². The van der Waals surface area contributed by atoms with Gasteiger partial charge in [0.15, 0.2) is 0 Å². The van der Waals surface area contributed by atoms with E-state index in [4.69, 9.17) is 15.5 Å². The number of halogens is 3. The summed E-state index contributed by atoms with van der Waals surface area (Å²) in [6.45, 7) is 1.48. The van der Waals surface area contributed by atoms with Crippen LogP contribution in [-0.2, 0) is 15.7 Å². The summed E-state index contributed by atoms with van der Waals surface area (Å²) in [5.74, 6) is 0.935. The molecule has 5 rings (SSSR count). The number of carbonyl (C=O) groups is 2. The first-order valence-corrected chi connectivity index (χ1v) is 13.7. The molecule has 3 N–H and O–H groups in total. The van der Waals surface area contributed by atoms with Gasteiger partial charge in [-0.25, -0.2) is 15.0 Å². The van der Waals surface area contributed by atoms with Crippen LogP contribution in [0.25, 0.3) is 16.8 Å². The van der Waals surface area contributed by atoms with Crippen molar-refractivity contribution in [1.82, 2.24) is 24.3 Å². The molecule has 14 heteroatoms. The zero-order valence-corrected chi connectivity index (χ0v) is 22.7. The second-order valence-corrected chi connectivity index (χ2v) is 10.6. The van der Waals surface area contributed by atoms with Crippen LogP contribution in [0.2, 0.25) is 0 Å². The molecule has 1 saturated heterocycles. The Balaban J connectivity index is 1.40. The van der Waals surface area contributed by atoms with Gasteiger partial charge in [0, 0.05) is 55.7 Å². The number of methoxy groups -OCH3 is 1. The third-order valence-electron chi connectivity index (χ3n) is 6.59. The number of benzene rings is 1. The van der Waals surface area contributed by atoms with Crippen LogP contribution in [0.4, 0.5) is 24.8 Å². The number of amides is 2. The highest BCUT2D eigenvalue weighted by molar-refractivity contribution is 7.99. The van der Waals surface area contributed by atoms with Crippen molar-refractivity contribution in [1.29, 1.82) is 0 Å². The number of nitrogens with two attached hydrogens (primary N) is 1. The molecule has 214 valence electrons. The molecule has 1 fully saturated rings. The molecule has 41 heavy (non-hydrogen) atoms. The van der Waals surface area contributed by atoms with Crippen LogP contribution >= 0.6 is 11.8 Å². The van der Waals surface area contributed by atoms with Gasteiger partial charge in [0.05, 0.1) is 23.8 Å². The van der Waals surface area contributed by atoms with E-state index in [9.17, 15) is 22.8 Å². The van der Waals surface area contributed by atoms with Crippen molar-refractivity contribution in [3.05, 3.63) is 71.9 Å². The highest BCUT2D eigenvalue weighted by atomic mass is 32.2. The second-order valence-electron chi connectivity index (χ2n) is 9.25. The minimum atomic E-state index is -4.55. The molecule has 2 amide bonds. The Kier molecular flexibility index (Phi) is 8.13. The lowest BCUT2D eigenvalue weighted by Gasteiger charge is -2.31. The molecular formula is C27H26F3N7O3S. The third-order valence-corrected chi connectivity index (χ3v) is 7.77. The molecule has 10 nitrogen and oxygen atoms in total. The van der Waals surface area contributed by atoms with E-state index in [0.717, 1.165) is 29.9 Å². The molecule has 4 heterocycles. The monoisotopic (exact) mass is 585 g/mol. The molecule has 0 aliphatic carbocycles. The SMILES string of the molecule is COCCC(=O)N1CCSC(c2nc(-c3ccc(C(=O)Nc4cc(C(F)(F)F)ccn4)cc3)c3c(N)nccn23)C1. The Bertz CT molecular complexity index is 1580. The molecule has 1 aliphatic rings. The first-order valence-electron chi connectivity index (χ1n) is 12.6. The van der Waals surface area contributed by atoms with Crippen LogP contribution in [0.1, 0.15) is 33.4 Å². The van der Waals surface area contributed by atoms with Crippen LogP contribution in [-0.4, -0.2) is 68.6 Å². The molecule has 1 unspecified atom stereocenters. The number of nitrogens with zero attached hydrogens (tertiary/aromatic N) is 5. The summed E-state index contributed by atoms with van der Waals surface area (Å²) < 4.78 is 45.9. The fourth-order valence-electron chi connectivity index (χ4n) is 4.54. The Labute approximate surface area is 237 Å². The molecule has 4 aromatic rings. The lowest BCUT2D eigenvalue weighted by Crippen LogP contribution is -2.40. The number of nitrogens with one attached hydrogen (secondary N) is 1. The number of alkyl halides is 3. The number of pyridine rings is 1. The first-order chi connectivity index (χ1) is 19.7. The third kappa shape index (κ3) is 6.12. The number of aromatic nitrogens is 4. The standard InChI is InChI=1S/C27H26F3N7O3S/c1-40-12-7-21(38)36-11-13-41-19(15-36)25-35-22(23-24(31)33-9-10-37(23)25)16-2-4-17(5-3-16)26(39)34-20-14-18(6-8-32-20)27(28,29)30/h2-6,8-10,14,19H,7,11-13,15H2,1H3,(H2,31,33)(H,32,34,39). The maximum atomic E-state index is 13.0. The lowest BCUT2D eigenvalue weighted by atomic mass is 10.1. The number of rotatable bonds is 7. The second kappa shape index (κ2) is 11.7. The molecule has 1 atom stereocenters. The van der Waals surface area contributed by atoms with Crippen molar-refractivity contribution in [3.63, 3.8) is 0 Å². The quantitative estimate of drug-likeness (QED) is 0.329. The van der Waals surface area contributed by atoms with Gasteiger partial charge < -0.3 is 20.7 Å². The van der Waals surface area contributed by atoms with Crippen molar-refractivity contribution in [2.75, 3.05) is 43.6 Å². The molecule has 3 aromatic heterocycles. The Morgan fingerprint density at radius 1 is 1.17 bits per heavy atom. The van der Waals surface area contributed by atoms with Crippen molar-refractivity contribution in [3.8, 4) is 11.3 Å². The van der Waals surface area contributed by atoms with Crippen LogP contribution in [0.5, 0.6) is 0 Å². The number of hydrogen-bond donors (Lipinski definition) is 2. The van der Waals surface area contributed by atoms with E-state index < -0.39 is 17.6 Å². The summed E-state index contributed by atoms with van der Waals surface area (Å²) >= 11 is 1.70. The number of fused-ring (bicyclic) bond motifs is 1. The number of thioether (sulfide) groups is 1. The average molecular weight is 586 g/mol. The molecule has 0 spiro atoms. The molecule has 1 aliphatic heterocycles. The van der Waals surface area contributed by atoms with Crippen LogP contribution in [0.15, 0.2) is 55.0 Å². The van der Waals surface area contributed by atoms with Crippen molar-refractivity contribution in [2.24, 2.45) is 0 Å². The van der Waals surface area contributed by atoms with E-state index in [1.807, 2.05) is 9.30 Å². The summed E-state index contributed by atoms with van der Waals surface area (Å²) in [6.07, 6.45) is 0.0962. The molecule has 0 saturated carbocycles. The predicted molar refractivity (Wildman–Crippen MR) is 148 cm³/mol. The van der Waals surface area contributed by atoms with Gasteiger partial charge in [0.25, 0.3) is 5.91 Å². The van der Waals surface area contributed by atoms with Gasteiger partial charge in [-0.15, -0.1) is 11.8 Å². The van der Waals surface area contributed by atoms with Gasteiger partial charge >= 0.3 is 6.18 Å². The Hall–Kier alpha value is -4.17. The Morgan fingerprint density at radius 2 is 1.95 bits per heavy atom.